The number of esters is 1. The molecule has 1 unspecified atom stereocenters. The average molecular weight is 310 g/mol. The lowest BCUT2D eigenvalue weighted by Crippen LogP contribution is -2.32. The molecule has 6 heteroatoms. The predicted molar refractivity (Wildman–Crippen MR) is 86.5 cm³/mol. The number of anilines is 1. The molecule has 1 aromatic carbocycles. The zero-order valence-corrected chi connectivity index (χ0v) is 13.5. The number of nitrogens with two attached hydrogens (primary N) is 1. The van der Waals surface area contributed by atoms with E-state index in [0.717, 1.165) is 11.3 Å². The van der Waals surface area contributed by atoms with Gasteiger partial charge in [-0.1, -0.05) is 6.07 Å². The molecule has 1 amide bonds. The van der Waals surface area contributed by atoms with Crippen molar-refractivity contribution in [2.75, 3.05) is 23.9 Å². The largest absolute Gasteiger partial charge is 0.468 e. The molecule has 1 rings (SSSR count). The van der Waals surface area contributed by atoms with Gasteiger partial charge in [-0.25, -0.2) is 0 Å². The number of ether oxygens (including phenoxy) is 1. The van der Waals surface area contributed by atoms with Gasteiger partial charge in [0.1, 0.15) is 6.04 Å². The normalized spacial score (nSPS) is 11.8. The first-order valence-corrected chi connectivity index (χ1v) is 7.87. The van der Waals surface area contributed by atoms with E-state index in [0.29, 0.717) is 17.9 Å². The Labute approximate surface area is 129 Å². The minimum absolute atomic E-state index is 0.0603. The van der Waals surface area contributed by atoms with Gasteiger partial charge < -0.3 is 15.8 Å². The summed E-state index contributed by atoms with van der Waals surface area (Å²) in [6.07, 6.45) is 0.494. The van der Waals surface area contributed by atoms with Crippen LogP contribution in [-0.2, 0) is 14.3 Å². The second-order valence-electron chi connectivity index (χ2n) is 4.82. The van der Waals surface area contributed by atoms with Crippen molar-refractivity contribution in [2.45, 2.75) is 26.3 Å². The number of hydrogen-bond acceptors (Lipinski definition) is 5. The van der Waals surface area contributed by atoms with E-state index in [1.807, 2.05) is 32.0 Å². The summed E-state index contributed by atoms with van der Waals surface area (Å²) in [5.41, 5.74) is 8.75. The van der Waals surface area contributed by atoms with Crippen LogP contribution in [0.15, 0.2) is 18.2 Å². The van der Waals surface area contributed by atoms with Crippen molar-refractivity contribution in [3.05, 3.63) is 29.3 Å². The van der Waals surface area contributed by atoms with Crippen molar-refractivity contribution in [3.8, 4) is 0 Å². The van der Waals surface area contributed by atoms with Crippen LogP contribution in [0, 0.1) is 13.8 Å². The van der Waals surface area contributed by atoms with Gasteiger partial charge in [-0.05, 0) is 49.3 Å². The summed E-state index contributed by atoms with van der Waals surface area (Å²) in [5, 5.41) is 2.85. The number of nitrogens with one attached hydrogen (secondary N) is 1. The first-order valence-electron chi connectivity index (χ1n) is 6.72. The minimum Gasteiger partial charge on any atom is -0.468 e. The fourth-order valence-corrected chi connectivity index (χ4v) is 2.48. The van der Waals surface area contributed by atoms with E-state index in [4.69, 9.17) is 5.73 Å². The first-order chi connectivity index (χ1) is 9.93. The van der Waals surface area contributed by atoms with Gasteiger partial charge in [-0.15, -0.1) is 0 Å². The molecule has 0 spiro atoms. The van der Waals surface area contributed by atoms with Gasteiger partial charge in [0.2, 0.25) is 5.91 Å². The highest BCUT2D eigenvalue weighted by Gasteiger charge is 2.13. The predicted octanol–water partition coefficient (Wildman–Crippen LogP) is 1.87. The Morgan fingerprint density at radius 1 is 1.33 bits per heavy atom. The Bertz CT molecular complexity index is 506. The third-order valence-corrected chi connectivity index (χ3v) is 4.09. The summed E-state index contributed by atoms with van der Waals surface area (Å²) < 4.78 is 4.54. The molecule has 1 aromatic rings. The third-order valence-electron chi connectivity index (χ3n) is 3.10. The number of hydrogen-bond donors (Lipinski definition) is 2. The van der Waals surface area contributed by atoms with Gasteiger partial charge in [0.15, 0.2) is 0 Å². The van der Waals surface area contributed by atoms with E-state index in [9.17, 15) is 9.59 Å². The Kier molecular flexibility index (Phi) is 7.25. The van der Waals surface area contributed by atoms with E-state index in [-0.39, 0.29) is 5.91 Å². The number of carbonyl (C=O) groups excluding carboxylic acids is 2. The van der Waals surface area contributed by atoms with Gasteiger partial charge in [0.05, 0.1) is 12.9 Å². The van der Waals surface area contributed by atoms with Crippen LogP contribution in [-0.4, -0.2) is 36.5 Å². The van der Waals surface area contributed by atoms with E-state index < -0.39 is 12.0 Å². The van der Waals surface area contributed by atoms with Crippen LogP contribution in [0.3, 0.4) is 0 Å². The van der Waals surface area contributed by atoms with Crippen molar-refractivity contribution >= 4 is 29.3 Å². The molecule has 0 aliphatic rings. The second-order valence-corrected chi connectivity index (χ2v) is 5.92. The standard InChI is InChI=1S/C15H22N2O3S/c1-10-4-5-12(8-11(10)2)17-14(18)9-21-7-6-13(16)15(19)20-3/h4-5,8,13H,6-7,9,16H2,1-3H3,(H,17,18). The SMILES string of the molecule is COC(=O)C(N)CCSCC(=O)Nc1ccc(C)c(C)c1. The number of methoxy groups -OCH3 is 1. The molecule has 0 fully saturated rings. The maximum Gasteiger partial charge on any atom is 0.322 e. The van der Waals surface area contributed by atoms with Crippen LogP contribution in [0.4, 0.5) is 5.69 Å². The molecule has 0 saturated heterocycles. The molecule has 21 heavy (non-hydrogen) atoms. The maximum atomic E-state index is 11.8. The molecule has 0 aromatic heterocycles. The second kappa shape index (κ2) is 8.69. The molecule has 1 atom stereocenters. The molecule has 0 radical (unpaired) electrons. The number of carbonyl (C=O) groups is 2. The fraction of sp³-hybridized carbons (Fsp3) is 0.467. The van der Waals surface area contributed by atoms with Crippen LogP contribution in [0.2, 0.25) is 0 Å². The van der Waals surface area contributed by atoms with E-state index in [1.54, 1.807) is 0 Å². The fourth-order valence-electron chi connectivity index (χ4n) is 1.66. The Morgan fingerprint density at radius 2 is 2.05 bits per heavy atom. The minimum atomic E-state index is -0.620. The van der Waals surface area contributed by atoms with Crippen molar-refractivity contribution in [1.82, 2.24) is 0 Å². The molecule has 0 heterocycles. The van der Waals surface area contributed by atoms with Gasteiger partial charge in [0, 0.05) is 5.69 Å². The smallest absolute Gasteiger partial charge is 0.322 e. The molecule has 5 nitrogen and oxygen atoms in total. The molecule has 116 valence electrons. The van der Waals surface area contributed by atoms with Crippen molar-refractivity contribution < 1.29 is 14.3 Å². The zero-order valence-electron chi connectivity index (χ0n) is 12.6. The lowest BCUT2D eigenvalue weighted by molar-refractivity contribution is -0.142. The van der Waals surface area contributed by atoms with Crippen LogP contribution in [0.25, 0.3) is 0 Å². The summed E-state index contributed by atoms with van der Waals surface area (Å²) in [7, 11) is 1.31. The highest BCUT2D eigenvalue weighted by Crippen LogP contribution is 2.14. The first kappa shape index (κ1) is 17.5. The number of amides is 1. The third kappa shape index (κ3) is 6.18. The maximum absolute atomic E-state index is 11.8. The molecular formula is C15H22N2O3S. The monoisotopic (exact) mass is 310 g/mol. The van der Waals surface area contributed by atoms with Crippen LogP contribution in [0.1, 0.15) is 17.5 Å². The van der Waals surface area contributed by atoms with Crippen molar-refractivity contribution in [1.29, 1.82) is 0 Å². The molecule has 0 aliphatic heterocycles. The van der Waals surface area contributed by atoms with E-state index in [1.165, 1.54) is 24.4 Å². The molecule has 0 bridgehead atoms. The van der Waals surface area contributed by atoms with E-state index in [2.05, 4.69) is 10.1 Å². The number of thioether (sulfide) groups is 1. The van der Waals surface area contributed by atoms with Gasteiger partial charge in [0.25, 0.3) is 0 Å². The zero-order chi connectivity index (χ0) is 15.8. The number of aryl methyl sites for hydroxylation is 2. The molecule has 0 saturated carbocycles. The molecule has 0 aliphatic carbocycles. The summed E-state index contributed by atoms with van der Waals surface area (Å²) in [6, 6.07) is 5.20. The Balaban J connectivity index is 2.28. The van der Waals surface area contributed by atoms with Gasteiger partial charge in [-0.2, -0.15) is 11.8 Å². The van der Waals surface area contributed by atoms with Crippen LogP contribution in [0.5, 0.6) is 0 Å². The number of rotatable bonds is 7. The summed E-state index contributed by atoms with van der Waals surface area (Å²) in [4.78, 5) is 22.9. The molecular weight excluding hydrogens is 288 g/mol. The van der Waals surface area contributed by atoms with E-state index >= 15 is 0 Å². The summed E-state index contributed by atoms with van der Waals surface area (Å²) in [5.74, 6) is 0.488. The highest BCUT2D eigenvalue weighted by atomic mass is 32.2. The number of benzene rings is 1. The summed E-state index contributed by atoms with van der Waals surface area (Å²) in [6.45, 7) is 4.04. The van der Waals surface area contributed by atoms with Crippen molar-refractivity contribution in [3.63, 3.8) is 0 Å². The van der Waals surface area contributed by atoms with Crippen LogP contribution >= 0.6 is 11.8 Å². The average Bonchev–Trinajstić information content (AvgIpc) is 2.46. The van der Waals surface area contributed by atoms with Gasteiger partial charge in [-0.3, -0.25) is 9.59 Å². The topological polar surface area (TPSA) is 81.4 Å². The summed E-state index contributed by atoms with van der Waals surface area (Å²) >= 11 is 1.44. The molecule has 3 N–H and O–H groups in total. The Morgan fingerprint density at radius 3 is 2.67 bits per heavy atom. The van der Waals surface area contributed by atoms with Gasteiger partial charge >= 0.3 is 5.97 Å². The lowest BCUT2D eigenvalue weighted by Gasteiger charge is -2.09. The highest BCUT2D eigenvalue weighted by molar-refractivity contribution is 7.99. The van der Waals surface area contributed by atoms with Crippen molar-refractivity contribution in [2.24, 2.45) is 5.73 Å². The van der Waals surface area contributed by atoms with Crippen LogP contribution < -0.4 is 11.1 Å². The quantitative estimate of drug-likeness (QED) is 0.593. The lowest BCUT2D eigenvalue weighted by atomic mass is 10.1. The Hall–Kier alpha value is -1.53.